The lowest BCUT2D eigenvalue weighted by atomic mass is 10.0. The number of rotatable bonds is 7. The molecule has 0 heterocycles. The summed E-state index contributed by atoms with van der Waals surface area (Å²) in [7, 11) is 0. The molecule has 2 heteroatoms. The van der Waals surface area contributed by atoms with E-state index in [2.05, 4.69) is 26.8 Å². The maximum Gasteiger partial charge on any atom is 0.330 e. The number of hydrogen-bond donors (Lipinski definition) is 0. The fourth-order valence-corrected chi connectivity index (χ4v) is 1.36. The van der Waals surface area contributed by atoms with Gasteiger partial charge >= 0.3 is 5.97 Å². The minimum atomic E-state index is -0.237. The molecule has 0 aromatic heterocycles. The Kier molecular flexibility index (Phi) is 8.59. The van der Waals surface area contributed by atoms with E-state index in [1.807, 2.05) is 13.0 Å². The van der Waals surface area contributed by atoms with Crippen molar-refractivity contribution in [3.63, 3.8) is 0 Å². The third-order valence-corrected chi connectivity index (χ3v) is 2.29. The van der Waals surface area contributed by atoms with Crippen LogP contribution in [0.25, 0.3) is 0 Å². The lowest BCUT2D eigenvalue weighted by Gasteiger charge is -2.06. The first-order valence-electron chi connectivity index (χ1n) is 6.03. The highest BCUT2D eigenvalue weighted by molar-refractivity contribution is 5.81. The third-order valence-electron chi connectivity index (χ3n) is 2.29. The number of carbonyl (C=O) groups excluding carboxylic acids is 1. The summed E-state index contributed by atoms with van der Waals surface area (Å²) in [5.41, 5.74) is 1.37. The normalized spacial score (nSPS) is 12.5. The zero-order valence-electron chi connectivity index (χ0n) is 11.0. The number of hydrogen-bond acceptors (Lipinski definition) is 2. The van der Waals surface area contributed by atoms with Gasteiger partial charge in [0.05, 0.1) is 6.61 Å². The molecule has 0 rings (SSSR count). The zero-order valence-corrected chi connectivity index (χ0v) is 11.0. The summed E-state index contributed by atoms with van der Waals surface area (Å²) in [4.78, 5) is 11.0. The average Bonchev–Trinajstić information content (AvgIpc) is 2.17. The summed E-state index contributed by atoms with van der Waals surface area (Å²) in [5.74, 6) is 0.375. The van der Waals surface area contributed by atoms with Gasteiger partial charge in [-0.25, -0.2) is 4.79 Å². The molecule has 0 fully saturated rings. The van der Waals surface area contributed by atoms with E-state index >= 15 is 0 Å². The van der Waals surface area contributed by atoms with Crippen LogP contribution in [0.3, 0.4) is 0 Å². The van der Waals surface area contributed by atoms with Gasteiger partial charge in [-0.1, -0.05) is 24.6 Å². The molecule has 0 aromatic carbocycles. The fourth-order valence-electron chi connectivity index (χ4n) is 1.36. The van der Waals surface area contributed by atoms with Gasteiger partial charge < -0.3 is 4.74 Å². The van der Waals surface area contributed by atoms with Crippen molar-refractivity contribution in [1.29, 1.82) is 0 Å². The van der Waals surface area contributed by atoms with E-state index in [1.54, 1.807) is 0 Å². The van der Waals surface area contributed by atoms with Crippen LogP contribution >= 0.6 is 0 Å². The molecule has 92 valence electrons. The number of carbonyl (C=O) groups is 1. The number of ether oxygens (including phenoxy) is 1. The molecule has 1 atom stereocenters. The van der Waals surface area contributed by atoms with Crippen molar-refractivity contribution in [2.75, 3.05) is 6.61 Å². The van der Waals surface area contributed by atoms with Crippen molar-refractivity contribution in [3.8, 4) is 0 Å². The molecule has 0 saturated heterocycles. The van der Waals surface area contributed by atoms with E-state index in [-0.39, 0.29) is 5.97 Å². The largest absolute Gasteiger partial charge is 0.463 e. The predicted octanol–water partition coefficient (Wildman–Crippen LogP) is 3.88. The van der Waals surface area contributed by atoms with E-state index in [4.69, 9.17) is 4.74 Å². The Morgan fingerprint density at radius 2 is 2.06 bits per heavy atom. The second kappa shape index (κ2) is 9.20. The van der Waals surface area contributed by atoms with Gasteiger partial charge in [-0.05, 0) is 46.0 Å². The molecule has 0 aliphatic rings. The second-order valence-corrected chi connectivity index (χ2v) is 4.35. The molecule has 2 nitrogen and oxygen atoms in total. The van der Waals surface area contributed by atoms with Gasteiger partial charge in [0.25, 0.3) is 0 Å². The van der Waals surface area contributed by atoms with Crippen molar-refractivity contribution in [1.82, 2.24) is 0 Å². The summed E-state index contributed by atoms with van der Waals surface area (Å²) in [6.45, 7) is 8.69. The van der Waals surface area contributed by atoms with E-state index in [0.717, 1.165) is 12.8 Å². The van der Waals surface area contributed by atoms with Crippen molar-refractivity contribution in [2.45, 2.75) is 47.0 Å². The van der Waals surface area contributed by atoms with Gasteiger partial charge in [0.2, 0.25) is 0 Å². The molecular weight excluding hydrogens is 200 g/mol. The SMILES string of the molecule is CCOC(=O)/C=C/CC(C)CCC=C(C)C. The molecule has 0 bridgehead atoms. The predicted molar refractivity (Wildman–Crippen MR) is 68.2 cm³/mol. The third kappa shape index (κ3) is 9.50. The van der Waals surface area contributed by atoms with Crippen LogP contribution in [0.1, 0.15) is 47.0 Å². The molecule has 0 aliphatic heterocycles. The first-order valence-corrected chi connectivity index (χ1v) is 6.03. The molecule has 0 spiro atoms. The quantitative estimate of drug-likeness (QED) is 0.373. The molecule has 0 aromatic rings. The lowest BCUT2D eigenvalue weighted by Crippen LogP contribution is -1.99. The van der Waals surface area contributed by atoms with Crippen LogP contribution in [0, 0.1) is 5.92 Å². The molecule has 0 aliphatic carbocycles. The van der Waals surface area contributed by atoms with Crippen LogP contribution in [-0.4, -0.2) is 12.6 Å². The summed E-state index contributed by atoms with van der Waals surface area (Å²) in [5, 5.41) is 0. The Morgan fingerprint density at radius 3 is 2.62 bits per heavy atom. The topological polar surface area (TPSA) is 26.3 Å². The molecule has 0 saturated carbocycles. The molecule has 0 amide bonds. The van der Waals surface area contributed by atoms with Gasteiger partial charge in [0.1, 0.15) is 0 Å². The molecule has 1 unspecified atom stereocenters. The Balaban J connectivity index is 3.68. The van der Waals surface area contributed by atoms with Crippen molar-refractivity contribution in [3.05, 3.63) is 23.8 Å². The van der Waals surface area contributed by atoms with Crippen molar-refractivity contribution < 1.29 is 9.53 Å². The Bertz CT molecular complexity index is 247. The van der Waals surface area contributed by atoms with Crippen LogP contribution in [0.4, 0.5) is 0 Å². The minimum absolute atomic E-state index is 0.237. The maximum absolute atomic E-state index is 11.0. The Morgan fingerprint density at radius 1 is 1.38 bits per heavy atom. The number of allylic oxidation sites excluding steroid dienone is 3. The van der Waals surface area contributed by atoms with Gasteiger partial charge in [-0.15, -0.1) is 0 Å². The number of esters is 1. The van der Waals surface area contributed by atoms with Gasteiger partial charge in [0.15, 0.2) is 0 Å². The molecule has 0 N–H and O–H groups in total. The van der Waals surface area contributed by atoms with Crippen molar-refractivity contribution in [2.24, 2.45) is 5.92 Å². The molecular formula is C14H24O2. The standard InChI is InChI=1S/C14H24O2/c1-5-16-14(15)11-7-10-13(4)9-6-8-12(2)3/h7-8,11,13H,5-6,9-10H2,1-4H3/b11-7+. The van der Waals surface area contributed by atoms with Crippen LogP contribution in [-0.2, 0) is 9.53 Å². The van der Waals surface area contributed by atoms with Crippen LogP contribution in [0.2, 0.25) is 0 Å². The van der Waals surface area contributed by atoms with Gasteiger partial charge in [0, 0.05) is 6.08 Å². The van der Waals surface area contributed by atoms with Crippen LogP contribution in [0.15, 0.2) is 23.8 Å². The summed E-state index contributed by atoms with van der Waals surface area (Å²) in [6, 6.07) is 0. The highest BCUT2D eigenvalue weighted by Crippen LogP contribution is 2.12. The summed E-state index contributed by atoms with van der Waals surface area (Å²) >= 11 is 0. The highest BCUT2D eigenvalue weighted by atomic mass is 16.5. The molecule has 0 radical (unpaired) electrons. The van der Waals surface area contributed by atoms with Gasteiger partial charge in [-0.3, -0.25) is 0 Å². The fraction of sp³-hybridized carbons (Fsp3) is 0.643. The zero-order chi connectivity index (χ0) is 12.4. The first-order chi connectivity index (χ1) is 7.56. The Hall–Kier alpha value is -1.05. The van der Waals surface area contributed by atoms with Crippen molar-refractivity contribution >= 4 is 5.97 Å². The first kappa shape index (κ1) is 14.9. The maximum atomic E-state index is 11.0. The van der Waals surface area contributed by atoms with Gasteiger partial charge in [-0.2, -0.15) is 0 Å². The van der Waals surface area contributed by atoms with E-state index in [0.29, 0.717) is 12.5 Å². The van der Waals surface area contributed by atoms with E-state index < -0.39 is 0 Å². The summed E-state index contributed by atoms with van der Waals surface area (Å²) < 4.78 is 4.80. The Labute approximate surface area is 99.4 Å². The minimum Gasteiger partial charge on any atom is -0.463 e. The summed E-state index contributed by atoms with van der Waals surface area (Å²) in [6.07, 6.45) is 8.92. The lowest BCUT2D eigenvalue weighted by molar-refractivity contribution is -0.137. The average molecular weight is 224 g/mol. The van der Waals surface area contributed by atoms with E-state index in [9.17, 15) is 4.79 Å². The van der Waals surface area contributed by atoms with Crippen LogP contribution < -0.4 is 0 Å². The smallest absolute Gasteiger partial charge is 0.330 e. The van der Waals surface area contributed by atoms with Crippen LogP contribution in [0.5, 0.6) is 0 Å². The monoisotopic (exact) mass is 224 g/mol. The molecule has 16 heavy (non-hydrogen) atoms. The van der Waals surface area contributed by atoms with E-state index in [1.165, 1.54) is 18.1 Å². The second-order valence-electron chi connectivity index (χ2n) is 4.35. The highest BCUT2D eigenvalue weighted by Gasteiger charge is 1.99.